The molecule has 0 saturated heterocycles. The Balaban J connectivity index is 0.000000230. The molecule has 32 heavy (non-hydrogen) atoms. The second-order valence-electron chi connectivity index (χ2n) is 7.44. The van der Waals surface area contributed by atoms with Crippen LogP contribution in [-0.4, -0.2) is 16.6 Å². The van der Waals surface area contributed by atoms with Gasteiger partial charge in [-0.15, -0.1) is 0 Å². The van der Waals surface area contributed by atoms with E-state index in [-0.39, 0.29) is 0 Å². The second kappa shape index (κ2) is 9.92. The van der Waals surface area contributed by atoms with Crippen LogP contribution in [0, 0.1) is 0 Å². The maximum atomic E-state index is 5.71. The number of para-hydroxylation sites is 3. The number of imidazole rings is 1. The van der Waals surface area contributed by atoms with Gasteiger partial charge in [-0.2, -0.15) is 0 Å². The summed E-state index contributed by atoms with van der Waals surface area (Å²) >= 11 is 0. The Labute approximate surface area is 188 Å². The molecule has 4 aromatic carbocycles. The summed E-state index contributed by atoms with van der Waals surface area (Å²) in [6, 6.07) is 36.6. The number of hydrogen-bond acceptors (Lipinski definition) is 4. The molecular weight excluding hydrogens is 394 g/mol. The van der Waals surface area contributed by atoms with Gasteiger partial charge in [0, 0.05) is 24.8 Å². The Hall–Kier alpha value is -3.93. The van der Waals surface area contributed by atoms with Gasteiger partial charge < -0.3 is 10.7 Å². The average molecular weight is 422 g/mol. The van der Waals surface area contributed by atoms with Gasteiger partial charge in [-0.05, 0) is 42.0 Å². The fraction of sp³-hybridized carbons (Fsp3) is 0.0741. The van der Waals surface area contributed by atoms with Crippen LogP contribution in [-0.2, 0) is 6.54 Å². The van der Waals surface area contributed by atoms with E-state index in [9.17, 15) is 0 Å². The van der Waals surface area contributed by atoms with Gasteiger partial charge in [-0.1, -0.05) is 72.8 Å². The third kappa shape index (κ3) is 4.70. The van der Waals surface area contributed by atoms with Crippen molar-refractivity contribution < 1.29 is 0 Å². The second-order valence-corrected chi connectivity index (χ2v) is 7.44. The van der Waals surface area contributed by atoms with Crippen LogP contribution >= 0.6 is 0 Å². The molecule has 160 valence electrons. The van der Waals surface area contributed by atoms with Crippen LogP contribution in [0.2, 0.25) is 0 Å². The molecule has 5 heteroatoms. The van der Waals surface area contributed by atoms with Gasteiger partial charge >= 0.3 is 0 Å². The van der Waals surface area contributed by atoms with E-state index in [1.54, 1.807) is 5.01 Å². The molecule has 0 aliphatic heterocycles. The van der Waals surface area contributed by atoms with Crippen LogP contribution in [0.5, 0.6) is 0 Å². The van der Waals surface area contributed by atoms with Crippen molar-refractivity contribution in [1.29, 1.82) is 0 Å². The summed E-state index contributed by atoms with van der Waals surface area (Å²) in [6.07, 6.45) is 0. The van der Waals surface area contributed by atoms with E-state index in [0.29, 0.717) is 6.54 Å². The lowest BCUT2D eigenvalue weighted by Gasteiger charge is -2.10. The quantitative estimate of drug-likeness (QED) is 0.311. The van der Waals surface area contributed by atoms with Crippen molar-refractivity contribution in [1.82, 2.24) is 9.55 Å². The summed E-state index contributed by atoms with van der Waals surface area (Å²) in [5.41, 5.74) is 12.2. The predicted octanol–water partition coefficient (Wildman–Crippen LogP) is 5.15. The zero-order valence-corrected chi connectivity index (χ0v) is 18.1. The summed E-state index contributed by atoms with van der Waals surface area (Å²) in [4.78, 5) is 4.84. The Morgan fingerprint density at radius 1 is 0.750 bits per heavy atom. The molecule has 5 nitrogen and oxygen atoms in total. The summed E-state index contributed by atoms with van der Waals surface area (Å²) in [7, 11) is 1.81. The van der Waals surface area contributed by atoms with Gasteiger partial charge in [0.1, 0.15) is 5.82 Å². The highest BCUT2D eigenvalue weighted by atomic mass is 15.4. The maximum Gasteiger partial charge on any atom is 0.145 e. The lowest BCUT2D eigenvalue weighted by Crippen LogP contribution is -2.24. The summed E-state index contributed by atoms with van der Waals surface area (Å²) in [5, 5.41) is 1.58. The molecule has 0 saturated carbocycles. The van der Waals surface area contributed by atoms with Crippen molar-refractivity contribution in [3.8, 4) is 17.1 Å². The normalized spacial score (nSPS) is 10.5. The van der Waals surface area contributed by atoms with E-state index >= 15 is 0 Å². The smallest absolute Gasteiger partial charge is 0.145 e. The minimum atomic E-state index is 0.552. The first-order chi connectivity index (χ1) is 15.7. The maximum absolute atomic E-state index is 5.71. The zero-order chi connectivity index (χ0) is 22.3. The Morgan fingerprint density at radius 2 is 1.34 bits per heavy atom. The largest absolute Gasteiger partial charge is 0.326 e. The van der Waals surface area contributed by atoms with Crippen LogP contribution in [0.4, 0.5) is 5.69 Å². The lowest BCUT2D eigenvalue weighted by atomic mass is 10.2. The molecular formula is C27H27N5. The highest BCUT2D eigenvalue weighted by molar-refractivity contribution is 5.83. The number of hydrogen-bond donors (Lipinski definition) is 2. The van der Waals surface area contributed by atoms with Crippen molar-refractivity contribution in [2.24, 2.45) is 11.6 Å². The molecule has 0 fully saturated rings. The molecule has 0 radical (unpaired) electrons. The standard InChI is InChI=1S/C20H17N3.C7H10N2/c21-14-15-10-12-17(13-11-15)23-19-9-5-4-8-18(19)22-20(23)16-6-2-1-3-7-16;1-9(8)7-5-3-2-4-6-7/h1-13H,14,21H2;2-6H,8H2,1H3. The predicted molar refractivity (Wildman–Crippen MR) is 133 cm³/mol. The molecule has 0 aliphatic rings. The summed E-state index contributed by atoms with van der Waals surface area (Å²) in [6.45, 7) is 0.552. The SMILES string of the molecule is CN(N)c1ccccc1.NCc1ccc(-n2c(-c3ccccc3)nc3ccccc32)cc1. The van der Waals surface area contributed by atoms with Crippen LogP contribution in [0.15, 0.2) is 109 Å². The third-order valence-corrected chi connectivity index (χ3v) is 5.19. The van der Waals surface area contributed by atoms with Gasteiger partial charge in [0.25, 0.3) is 0 Å². The van der Waals surface area contributed by atoms with Gasteiger partial charge in [0.2, 0.25) is 0 Å². The molecule has 0 bridgehead atoms. The number of hydrazine groups is 1. The highest BCUT2D eigenvalue weighted by Crippen LogP contribution is 2.28. The molecule has 0 unspecified atom stereocenters. The molecule has 5 rings (SSSR count). The van der Waals surface area contributed by atoms with Gasteiger partial charge in [-0.3, -0.25) is 4.57 Å². The van der Waals surface area contributed by atoms with Crippen LogP contribution in [0.1, 0.15) is 5.56 Å². The van der Waals surface area contributed by atoms with Crippen LogP contribution < -0.4 is 16.6 Å². The van der Waals surface area contributed by atoms with Gasteiger partial charge in [0.15, 0.2) is 0 Å². The molecule has 1 aromatic heterocycles. The van der Waals surface area contributed by atoms with E-state index in [2.05, 4.69) is 47.0 Å². The van der Waals surface area contributed by atoms with Gasteiger partial charge in [-0.25, -0.2) is 10.8 Å². The topological polar surface area (TPSA) is 73.1 Å². The van der Waals surface area contributed by atoms with E-state index < -0.39 is 0 Å². The minimum absolute atomic E-state index is 0.552. The Bertz CT molecular complexity index is 1260. The number of benzene rings is 4. The Morgan fingerprint density at radius 3 is 1.94 bits per heavy atom. The molecule has 0 spiro atoms. The van der Waals surface area contributed by atoms with Crippen molar-refractivity contribution in [3.63, 3.8) is 0 Å². The number of aromatic nitrogens is 2. The molecule has 4 N–H and O–H groups in total. The van der Waals surface area contributed by atoms with Crippen molar-refractivity contribution in [2.75, 3.05) is 12.1 Å². The fourth-order valence-electron chi connectivity index (χ4n) is 3.51. The summed E-state index contributed by atoms with van der Waals surface area (Å²) in [5.74, 6) is 6.40. The molecule has 0 atom stereocenters. The third-order valence-electron chi connectivity index (χ3n) is 5.19. The molecule has 5 aromatic rings. The fourth-order valence-corrected chi connectivity index (χ4v) is 3.51. The van der Waals surface area contributed by atoms with E-state index in [1.807, 2.05) is 73.8 Å². The average Bonchev–Trinajstić information content (AvgIpc) is 3.25. The number of nitrogens with zero attached hydrogens (tertiary/aromatic N) is 3. The number of anilines is 1. The minimum Gasteiger partial charge on any atom is -0.326 e. The van der Waals surface area contributed by atoms with E-state index in [4.69, 9.17) is 16.6 Å². The molecule has 0 aliphatic carbocycles. The highest BCUT2D eigenvalue weighted by Gasteiger charge is 2.13. The van der Waals surface area contributed by atoms with Crippen molar-refractivity contribution >= 4 is 16.7 Å². The van der Waals surface area contributed by atoms with E-state index in [1.165, 1.54) is 0 Å². The summed E-state index contributed by atoms with van der Waals surface area (Å²) < 4.78 is 2.20. The molecule has 1 heterocycles. The van der Waals surface area contributed by atoms with Crippen molar-refractivity contribution in [2.45, 2.75) is 6.54 Å². The molecule has 0 amide bonds. The number of nitrogens with two attached hydrogens (primary N) is 2. The first-order valence-electron chi connectivity index (χ1n) is 10.5. The van der Waals surface area contributed by atoms with Crippen LogP contribution in [0.3, 0.4) is 0 Å². The van der Waals surface area contributed by atoms with Crippen LogP contribution in [0.25, 0.3) is 28.1 Å². The van der Waals surface area contributed by atoms with E-state index in [0.717, 1.165) is 39.4 Å². The lowest BCUT2D eigenvalue weighted by molar-refractivity contribution is 1.02. The first kappa shape index (κ1) is 21.3. The number of fused-ring (bicyclic) bond motifs is 1. The zero-order valence-electron chi connectivity index (χ0n) is 18.1. The van der Waals surface area contributed by atoms with Crippen molar-refractivity contribution in [3.05, 3.63) is 115 Å². The number of rotatable bonds is 4. The monoisotopic (exact) mass is 421 g/mol. The Kier molecular flexibility index (Phi) is 6.60. The first-order valence-corrected chi connectivity index (χ1v) is 10.5. The van der Waals surface area contributed by atoms with Gasteiger partial charge in [0.05, 0.1) is 16.7 Å².